The molecule has 2 atom stereocenters. The average Bonchev–Trinajstić information content (AvgIpc) is 2.35. The third-order valence-electron chi connectivity index (χ3n) is 3.58. The lowest BCUT2D eigenvalue weighted by Gasteiger charge is -2.30. The number of fused-ring (bicyclic) bond motifs is 1. The lowest BCUT2D eigenvalue weighted by Crippen LogP contribution is -2.25. The molecule has 0 heterocycles. The van der Waals surface area contributed by atoms with Gasteiger partial charge in [-0.3, -0.25) is 0 Å². The zero-order valence-corrected chi connectivity index (χ0v) is 11.0. The number of rotatable bonds is 3. The van der Waals surface area contributed by atoms with Crippen molar-refractivity contribution in [3.8, 4) is 11.5 Å². The van der Waals surface area contributed by atoms with E-state index < -0.39 is 0 Å². The molecule has 2 unspecified atom stereocenters. The molecule has 0 aliphatic heterocycles. The Bertz CT molecular complexity index is 403. The minimum absolute atomic E-state index is 0.425. The average molecular weight is 235 g/mol. The third-order valence-corrected chi connectivity index (χ3v) is 3.58. The highest BCUT2D eigenvalue weighted by molar-refractivity contribution is 5.49. The molecule has 0 radical (unpaired) electrons. The molecule has 3 heteroatoms. The van der Waals surface area contributed by atoms with Gasteiger partial charge in [0, 0.05) is 6.04 Å². The van der Waals surface area contributed by atoms with E-state index in [1.54, 1.807) is 14.2 Å². The first-order chi connectivity index (χ1) is 8.19. The number of ether oxygens (including phenoxy) is 2. The van der Waals surface area contributed by atoms with Gasteiger partial charge in [-0.1, -0.05) is 6.92 Å². The quantitative estimate of drug-likeness (QED) is 0.873. The second-order valence-electron chi connectivity index (χ2n) is 4.79. The van der Waals surface area contributed by atoms with Crippen LogP contribution in [0, 0.1) is 5.92 Å². The van der Waals surface area contributed by atoms with E-state index in [1.165, 1.54) is 17.5 Å². The molecule has 0 fully saturated rings. The van der Waals surface area contributed by atoms with Crippen LogP contribution < -0.4 is 14.8 Å². The molecule has 0 saturated carbocycles. The molecule has 0 aromatic heterocycles. The van der Waals surface area contributed by atoms with E-state index in [1.807, 2.05) is 7.05 Å². The SMILES string of the molecule is CNC1CC(C)Cc2cc(OC)c(OC)cc21. The fourth-order valence-electron chi connectivity index (χ4n) is 2.70. The molecule has 94 valence electrons. The van der Waals surface area contributed by atoms with Crippen LogP contribution in [0.2, 0.25) is 0 Å². The summed E-state index contributed by atoms with van der Waals surface area (Å²) in [6, 6.07) is 4.66. The van der Waals surface area contributed by atoms with Crippen molar-refractivity contribution >= 4 is 0 Å². The fourth-order valence-corrected chi connectivity index (χ4v) is 2.70. The van der Waals surface area contributed by atoms with Gasteiger partial charge in [0.2, 0.25) is 0 Å². The van der Waals surface area contributed by atoms with Gasteiger partial charge >= 0.3 is 0 Å². The van der Waals surface area contributed by atoms with Crippen LogP contribution in [0.1, 0.15) is 30.5 Å². The van der Waals surface area contributed by atoms with Crippen LogP contribution >= 0.6 is 0 Å². The maximum absolute atomic E-state index is 5.37. The molecule has 1 aliphatic carbocycles. The van der Waals surface area contributed by atoms with Crippen molar-refractivity contribution < 1.29 is 9.47 Å². The molecule has 3 nitrogen and oxygen atoms in total. The third kappa shape index (κ3) is 2.25. The summed E-state index contributed by atoms with van der Waals surface area (Å²) in [4.78, 5) is 0. The summed E-state index contributed by atoms with van der Waals surface area (Å²) < 4.78 is 10.7. The van der Waals surface area contributed by atoms with Crippen molar-refractivity contribution in [1.29, 1.82) is 0 Å². The van der Waals surface area contributed by atoms with E-state index in [0.717, 1.165) is 17.9 Å². The van der Waals surface area contributed by atoms with Crippen molar-refractivity contribution in [3.05, 3.63) is 23.3 Å². The number of benzene rings is 1. The number of nitrogens with one attached hydrogen (secondary N) is 1. The highest BCUT2D eigenvalue weighted by Crippen LogP contribution is 2.39. The molecule has 2 rings (SSSR count). The first-order valence-electron chi connectivity index (χ1n) is 6.11. The summed E-state index contributed by atoms with van der Waals surface area (Å²) in [5.41, 5.74) is 2.73. The Morgan fingerprint density at radius 1 is 1.18 bits per heavy atom. The van der Waals surface area contributed by atoms with Gasteiger partial charge < -0.3 is 14.8 Å². The first kappa shape index (κ1) is 12.2. The Labute approximate surface area is 103 Å². The van der Waals surface area contributed by atoms with Gasteiger partial charge in [-0.15, -0.1) is 0 Å². The van der Waals surface area contributed by atoms with Gasteiger partial charge in [-0.05, 0) is 49.1 Å². The van der Waals surface area contributed by atoms with E-state index >= 15 is 0 Å². The van der Waals surface area contributed by atoms with Crippen molar-refractivity contribution in [3.63, 3.8) is 0 Å². The number of methoxy groups -OCH3 is 2. The molecular weight excluding hydrogens is 214 g/mol. The lowest BCUT2D eigenvalue weighted by atomic mass is 9.81. The maximum atomic E-state index is 5.37. The second-order valence-corrected chi connectivity index (χ2v) is 4.79. The number of hydrogen-bond acceptors (Lipinski definition) is 3. The molecule has 1 N–H and O–H groups in total. The van der Waals surface area contributed by atoms with Gasteiger partial charge in [0.05, 0.1) is 14.2 Å². The zero-order chi connectivity index (χ0) is 12.4. The van der Waals surface area contributed by atoms with Crippen molar-refractivity contribution in [2.75, 3.05) is 21.3 Å². The summed E-state index contributed by atoms with van der Waals surface area (Å²) in [5.74, 6) is 2.36. The summed E-state index contributed by atoms with van der Waals surface area (Å²) in [5, 5.41) is 3.38. The Hall–Kier alpha value is -1.22. The van der Waals surface area contributed by atoms with Crippen molar-refractivity contribution in [2.24, 2.45) is 5.92 Å². The summed E-state index contributed by atoms with van der Waals surface area (Å²) >= 11 is 0. The minimum atomic E-state index is 0.425. The van der Waals surface area contributed by atoms with Crippen LogP contribution in [0.15, 0.2) is 12.1 Å². The summed E-state index contributed by atoms with van der Waals surface area (Å²) in [7, 11) is 5.39. The Kier molecular flexibility index (Phi) is 3.57. The Balaban J connectivity index is 2.47. The molecule has 0 amide bonds. The molecular formula is C14H21NO2. The van der Waals surface area contributed by atoms with Crippen LogP contribution in [0.4, 0.5) is 0 Å². The van der Waals surface area contributed by atoms with E-state index in [0.29, 0.717) is 12.0 Å². The highest BCUT2D eigenvalue weighted by atomic mass is 16.5. The molecule has 1 aliphatic rings. The standard InChI is InChI=1S/C14H21NO2/c1-9-5-10-7-13(16-3)14(17-4)8-11(10)12(6-9)15-2/h7-9,12,15H,5-6H2,1-4H3. The van der Waals surface area contributed by atoms with Crippen molar-refractivity contribution in [2.45, 2.75) is 25.8 Å². The smallest absolute Gasteiger partial charge is 0.161 e. The van der Waals surface area contributed by atoms with Gasteiger partial charge in [-0.2, -0.15) is 0 Å². The molecule has 1 aromatic carbocycles. The van der Waals surface area contributed by atoms with E-state index in [-0.39, 0.29) is 0 Å². The van der Waals surface area contributed by atoms with Gasteiger partial charge in [0.1, 0.15) is 0 Å². The Morgan fingerprint density at radius 2 is 1.82 bits per heavy atom. The van der Waals surface area contributed by atoms with Crippen LogP contribution in [0.5, 0.6) is 11.5 Å². The van der Waals surface area contributed by atoms with Gasteiger partial charge in [0.25, 0.3) is 0 Å². The van der Waals surface area contributed by atoms with E-state index in [9.17, 15) is 0 Å². The molecule has 1 aromatic rings. The topological polar surface area (TPSA) is 30.5 Å². The normalized spacial score (nSPS) is 23.1. The van der Waals surface area contributed by atoms with Crippen LogP contribution in [-0.2, 0) is 6.42 Å². The predicted molar refractivity (Wildman–Crippen MR) is 68.8 cm³/mol. The van der Waals surface area contributed by atoms with Crippen molar-refractivity contribution in [1.82, 2.24) is 5.32 Å². The maximum Gasteiger partial charge on any atom is 0.161 e. The van der Waals surface area contributed by atoms with Crippen LogP contribution in [-0.4, -0.2) is 21.3 Å². The largest absolute Gasteiger partial charge is 0.493 e. The fraction of sp³-hybridized carbons (Fsp3) is 0.571. The van der Waals surface area contributed by atoms with E-state index in [2.05, 4.69) is 24.4 Å². The van der Waals surface area contributed by atoms with Gasteiger partial charge in [0.15, 0.2) is 11.5 Å². The van der Waals surface area contributed by atoms with Gasteiger partial charge in [-0.25, -0.2) is 0 Å². The summed E-state index contributed by atoms with van der Waals surface area (Å²) in [6.07, 6.45) is 2.30. The minimum Gasteiger partial charge on any atom is -0.493 e. The zero-order valence-electron chi connectivity index (χ0n) is 11.0. The molecule has 17 heavy (non-hydrogen) atoms. The highest BCUT2D eigenvalue weighted by Gasteiger charge is 2.25. The first-order valence-corrected chi connectivity index (χ1v) is 6.11. The summed E-state index contributed by atoms with van der Waals surface area (Å²) in [6.45, 7) is 2.30. The Morgan fingerprint density at radius 3 is 2.41 bits per heavy atom. The number of hydrogen-bond donors (Lipinski definition) is 1. The monoisotopic (exact) mass is 235 g/mol. The molecule has 0 saturated heterocycles. The molecule has 0 bridgehead atoms. The molecule has 0 spiro atoms. The van der Waals surface area contributed by atoms with Crippen LogP contribution in [0.25, 0.3) is 0 Å². The lowest BCUT2D eigenvalue weighted by molar-refractivity contribution is 0.347. The predicted octanol–water partition coefficient (Wildman–Crippen LogP) is 2.55. The van der Waals surface area contributed by atoms with E-state index in [4.69, 9.17) is 9.47 Å². The second kappa shape index (κ2) is 4.96. The van der Waals surface area contributed by atoms with Crippen LogP contribution in [0.3, 0.4) is 0 Å².